The summed E-state index contributed by atoms with van der Waals surface area (Å²) >= 11 is 0. The number of piperidine rings is 1. The number of hydrogen-bond acceptors (Lipinski definition) is 5. The van der Waals surface area contributed by atoms with Crippen LogP contribution in [0.4, 0.5) is 0 Å². The number of carbonyl (C=O) groups excluding carboxylic acids is 2. The van der Waals surface area contributed by atoms with E-state index in [2.05, 4.69) is 9.97 Å². The van der Waals surface area contributed by atoms with Crippen LogP contribution in [0.3, 0.4) is 0 Å². The Kier molecular flexibility index (Phi) is 5.38. The monoisotopic (exact) mass is 372 g/mol. The number of carbonyl (C=O) groups is 2. The molecule has 1 atom stereocenters. The molecule has 0 bridgehead atoms. The molecule has 2 amide bonds. The molecule has 0 radical (unpaired) electrons. The number of hydrogen-bond donors (Lipinski definition) is 0. The lowest BCUT2D eigenvalue weighted by Crippen LogP contribution is -2.44. The molecule has 0 N–H and O–H groups in total. The van der Waals surface area contributed by atoms with Crippen LogP contribution in [0, 0.1) is 12.8 Å². The fraction of sp³-hybridized carbons (Fsp3) is 0.700. The second kappa shape index (κ2) is 7.92. The van der Waals surface area contributed by atoms with Crippen molar-refractivity contribution in [1.82, 2.24) is 19.8 Å². The zero-order valence-electron chi connectivity index (χ0n) is 16.0. The summed E-state index contributed by atoms with van der Waals surface area (Å²) in [5.41, 5.74) is 1.24. The Morgan fingerprint density at radius 3 is 2.52 bits per heavy atom. The molecular weight excluding hydrogens is 344 g/mol. The molecule has 1 saturated carbocycles. The Morgan fingerprint density at radius 2 is 1.85 bits per heavy atom. The quantitative estimate of drug-likeness (QED) is 0.812. The molecule has 3 aliphatic rings. The largest absolute Gasteiger partial charge is 0.378 e. The summed E-state index contributed by atoms with van der Waals surface area (Å²) in [5.74, 6) is 1.10. The minimum Gasteiger partial charge on any atom is -0.378 e. The highest BCUT2D eigenvalue weighted by molar-refractivity contribution is 5.95. The van der Waals surface area contributed by atoms with E-state index in [-0.39, 0.29) is 23.8 Å². The Morgan fingerprint density at radius 1 is 1.07 bits per heavy atom. The van der Waals surface area contributed by atoms with Crippen molar-refractivity contribution in [2.45, 2.75) is 51.5 Å². The van der Waals surface area contributed by atoms with Crippen molar-refractivity contribution in [2.75, 3.05) is 32.8 Å². The molecule has 1 aromatic heterocycles. The minimum atomic E-state index is -0.0573. The molecular formula is C20H28N4O3. The molecule has 7 nitrogen and oxygen atoms in total. The van der Waals surface area contributed by atoms with Gasteiger partial charge in [0.1, 0.15) is 0 Å². The molecule has 0 spiro atoms. The topological polar surface area (TPSA) is 75.6 Å². The van der Waals surface area contributed by atoms with Gasteiger partial charge in [-0.05, 0) is 39.0 Å². The van der Waals surface area contributed by atoms with Gasteiger partial charge in [0.15, 0.2) is 5.82 Å². The zero-order chi connectivity index (χ0) is 18.8. The van der Waals surface area contributed by atoms with Crippen LogP contribution >= 0.6 is 0 Å². The third kappa shape index (κ3) is 3.70. The van der Waals surface area contributed by atoms with Crippen LogP contribution in [0.1, 0.15) is 66.4 Å². The number of morpholine rings is 1. The van der Waals surface area contributed by atoms with E-state index >= 15 is 0 Å². The standard InChI is InChI=1S/C20H28N4O3/c1-14-16(20(26)23-9-11-27-12-10-23)13-21-18(22-14)17-7-2-3-8-24(17)19(25)15-5-4-6-15/h13,15,17H,2-12H2,1H3/t17-/m0/s1. The van der Waals surface area contributed by atoms with Crippen molar-refractivity contribution in [3.63, 3.8) is 0 Å². The Balaban J connectivity index is 1.53. The number of ether oxygens (including phenoxy) is 1. The van der Waals surface area contributed by atoms with Gasteiger partial charge in [0.05, 0.1) is 30.5 Å². The SMILES string of the molecule is Cc1nc([C@@H]2CCCCN2C(=O)C2CCC2)ncc1C(=O)N1CCOCC1. The van der Waals surface area contributed by atoms with E-state index in [1.54, 1.807) is 11.1 Å². The highest BCUT2D eigenvalue weighted by Crippen LogP contribution is 2.35. The number of rotatable bonds is 3. The number of amides is 2. The first kappa shape index (κ1) is 18.3. The molecule has 3 fully saturated rings. The maximum atomic E-state index is 12.8. The second-order valence-corrected chi connectivity index (χ2v) is 7.80. The van der Waals surface area contributed by atoms with Crippen molar-refractivity contribution in [1.29, 1.82) is 0 Å². The van der Waals surface area contributed by atoms with Gasteiger partial charge in [-0.3, -0.25) is 9.59 Å². The summed E-state index contributed by atoms with van der Waals surface area (Å²) in [4.78, 5) is 38.6. The lowest BCUT2D eigenvalue weighted by Gasteiger charge is -2.39. The molecule has 2 saturated heterocycles. The van der Waals surface area contributed by atoms with Crippen molar-refractivity contribution < 1.29 is 14.3 Å². The highest BCUT2D eigenvalue weighted by Gasteiger charge is 2.36. The Labute approximate surface area is 160 Å². The summed E-state index contributed by atoms with van der Waals surface area (Å²) < 4.78 is 5.32. The van der Waals surface area contributed by atoms with Crippen molar-refractivity contribution in [3.05, 3.63) is 23.3 Å². The van der Waals surface area contributed by atoms with Gasteiger partial charge in [0.25, 0.3) is 5.91 Å². The molecule has 27 heavy (non-hydrogen) atoms. The molecule has 1 aliphatic carbocycles. The minimum absolute atomic E-state index is 0.0339. The molecule has 0 aromatic carbocycles. The Hall–Kier alpha value is -2.02. The number of aromatic nitrogens is 2. The predicted molar refractivity (Wildman–Crippen MR) is 99.1 cm³/mol. The van der Waals surface area contributed by atoms with Gasteiger partial charge in [-0.1, -0.05) is 6.42 Å². The Bertz CT molecular complexity index is 713. The van der Waals surface area contributed by atoms with Crippen molar-refractivity contribution in [2.24, 2.45) is 5.92 Å². The van der Waals surface area contributed by atoms with Gasteiger partial charge in [-0.2, -0.15) is 0 Å². The molecule has 0 unspecified atom stereocenters. The fourth-order valence-electron chi connectivity index (χ4n) is 4.15. The molecule has 4 rings (SSSR count). The van der Waals surface area contributed by atoms with Crippen LogP contribution < -0.4 is 0 Å². The van der Waals surface area contributed by atoms with Gasteiger partial charge in [-0.25, -0.2) is 9.97 Å². The van der Waals surface area contributed by atoms with Gasteiger partial charge in [0, 0.05) is 31.7 Å². The van der Waals surface area contributed by atoms with Crippen LogP contribution in [-0.2, 0) is 9.53 Å². The first-order valence-electron chi connectivity index (χ1n) is 10.2. The van der Waals surface area contributed by atoms with Crippen LogP contribution in [0.2, 0.25) is 0 Å². The summed E-state index contributed by atoms with van der Waals surface area (Å²) in [6, 6.07) is -0.0573. The van der Waals surface area contributed by atoms with E-state index in [4.69, 9.17) is 4.74 Å². The van der Waals surface area contributed by atoms with Crippen LogP contribution in [-0.4, -0.2) is 64.4 Å². The summed E-state index contributed by atoms with van der Waals surface area (Å²) in [6.45, 7) is 5.00. The number of nitrogens with zero attached hydrogens (tertiary/aromatic N) is 4. The number of likely N-dealkylation sites (tertiary alicyclic amines) is 1. The van der Waals surface area contributed by atoms with Gasteiger partial charge in [0.2, 0.25) is 5.91 Å². The maximum absolute atomic E-state index is 12.8. The van der Waals surface area contributed by atoms with E-state index < -0.39 is 0 Å². The van der Waals surface area contributed by atoms with E-state index in [0.29, 0.717) is 43.4 Å². The van der Waals surface area contributed by atoms with E-state index in [1.807, 2.05) is 11.8 Å². The molecule has 7 heteroatoms. The van der Waals surface area contributed by atoms with Crippen molar-refractivity contribution >= 4 is 11.8 Å². The highest BCUT2D eigenvalue weighted by atomic mass is 16.5. The van der Waals surface area contributed by atoms with Crippen LogP contribution in [0.5, 0.6) is 0 Å². The lowest BCUT2D eigenvalue weighted by atomic mass is 9.83. The predicted octanol–water partition coefficient (Wildman–Crippen LogP) is 2.11. The maximum Gasteiger partial charge on any atom is 0.257 e. The first-order chi connectivity index (χ1) is 13.1. The van der Waals surface area contributed by atoms with Crippen LogP contribution in [0.15, 0.2) is 6.20 Å². The summed E-state index contributed by atoms with van der Waals surface area (Å²) in [6.07, 6.45) is 7.84. The smallest absolute Gasteiger partial charge is 0.257 e. The molecule has 2 aliphatic heterocycles. The van der Waals surface area contributed by atoms with Crippen LogP contribution in [0.25, 0.3) is 0 Å². The van der Waals surface area contributed by atoms with Gasteiger partial charge >= 0.3 is 0 Å². The molecule has 146 valence electrons. The average Bonchev–Trinajstić information content (AvgIpc) is 2.66. The lowest BCUT2D eigenvalue weighted by molar-refractivity contribution is -0.142. The van der Waals surface area contributed by atoms with E-state index in [9.17, 15) is 9.59 Å². The summed E-state index contributed by atoms with van der Waals surface area (Å²) in [5, 5.41) is 0. The summed E-state index contributed by atoms with van der Waals surface area (Å²) in [7, 11) is 0. The molecule has 3 heterocycles. The van der Waals surface area contributed by atoms with Gasteiger partial charge < -0.3 is 14.5 Å². The number of aryl methyl sites for hydroxylation is 1. The third-order valence-electron chi connectivity index (χ3n) is 6.07. The van der Waals surface area contributed by atoms with E-state index in [1.165, 1.54) is 0 Å². The van der Waals surface area contributed by atoms with E-state index in [0.717, 1.165) is 45.1 Å². The van der Waals surface area contributed by atoms with Gasteiger partial charge in [-0.15, -0.1) is 0 Å². The third-order valence-corrected chi connectivity index (χ3v) is 6.07. The zero-order valence-corrected chi connectivity index (χ0v) is 16.0. The normalized spacial score (nSPS) is 23.8. The fourth-order valence-corrected chi connectivity index (χ4v) is 4.15. The van der Waals surface area contributed by atoms with Crippen molar-refractivity contribution in [3.8, 4) is 0 Å². The average molecular weight is 372 g/mol. The second-order valence-electron chi connectivity index (χ2n) is 7.80. The molecule has 1 aromatic rings. The first-order valence-corrected chi connectivity index (χ1v) is 10.2.